The van der Waals surface area contributed by atoms with Crippen molar-refractivity contribution in [2.45, 2.75) is 20.4 Å². The molecule has 0 saturated carbocycles. The second-order valence-electron chi connectivity index (χ2n) is 4.80. The summed E-state index contributed by atoms with van der Waals surface area (Å²) in [4.78, 5) is 17.6. The minimum Gasteiger partial charge on any atom is -0.323 e. The van der Waals surface area contributed by atoms with Gasteiger partial charge in [0, 0.05) is 23.2 Å². The fourth-order valence-corrected chi connectivity index (χ4v) is 3.40. The summed E-state index contributed by atoms with van der Waals surface area (Å²) in [6, 6.07) is 1.90. The van der Waals surface area contributed by atoms with Crippen molar-refractivity contribution in [1.82, 2.24) is 19.3 Å². The van der Waals surface area contributed by atoms with Gasteiger partial charge in [-0.15, -0.1) is 11.3 Å². The molecular weight excluding hydrogens is 292 g/mol. The van der Waals surface area contributed by atoms with E-state index in [4.69, 9.17) is 12.2 Å². The lowest BCUT2D eigenvalue weighted by molar-refractivity contribution is 0.715. The van der Waals surface area contributed by atoms with E-state index in [0.29, 0.717) is 16.7 Å². The van der Waals surface area contributed by atoms with Gasteiger partial charge in [0.05, 0.1) is 18.1 Å². The molecule has 0 bridgehead atoms. The number of aromatic amines is 1. The highest BCUT2D eigenvalue weighted by atomic mass is 32.1. The molecule has 0 aromatic carbocycles. The first-order valence-corrected chi connectivity index (χ1v) is 7.40. The Morgan fingerprint density at radius 2 is 2.20 bits per heavy atom. The molecule has 5 nitrogen and oxygen atoms in total. The monoisotopic (exact) mass is 306 g/mol. The predicted octanol–water partition coefficient (Wildman–Crippen LogP) is 2.52. The zero-order valence-corrected chi connectivity index (χ0v) is 13.1. The van der Waals surface area contributed by atoms with Crippen molar-refractivity contribution in [3.8, 4) is 0 Å². The van der Waals surface area contributed by atoms with Gasteiger partial charge in [-0.2, -0.15) is 5.10 Å². The minimum atomic E-state index is -0.0450. The first-order valence-electron chi connectivity index (χ1n) is 6.18. The maximum Gasteiger partial charge on any atom is 0.263 e. The molecule has 0 saturated heterocycles. The average molecular weight is 306 g/mol. The predicted molar refractivity (Wildman–Crippen MR) is 83.1 cm³/mol. The summed E-state index contributed by atoms with van der Waals surface area (Å²) in [5.74, 6) is 0. The molecule has 0 aliphatic rings. The van der Waals surface area contributed by atoms with Crippen molar-refractivity contribution in [2.75, 3.05) is 0 Å². The summed E-state index contributed by atoms with van der Waals surface area (Å²) in [6.07, 6.45) is 1.78. The van der Waals surface area contributed by atoms with Gasteiger partial charge >= 0.3 is 0 Å². The lowest BCUT2D eigenvalue weighted by Crippen LogP contribution is -2.22. The van der Waals surface area contributed by atoms with Crippen molar-refractivity contribution in [3.63, 3.8) is 0 Å². The van der Waals surface area contributed by atoms with E-state index in [2.05, 4.69) is 10.1 Å². The molecule has 3 heterocycles. The van der Waals surface area contributed by atoms with Gasteiger partial charge in [0.25, 0.3) is 5.56 Å². The van der Waals surface area contributed by atoms with Crippen LogP contribution in [0.4, 0.5) is 0 Å². The van der Waals surface area contributed by atoms with E-state index in [9.17, 15) is 4.79 Å². The Morgan fingerprint density at radius 3 is 2.85 bits per heavy atom. The van der Waals surface area contributed by atoms with Crippen LogP contribution in [0.1, 0.15) is 16.1 Å². The highest BCUT2D eigenvalue weighted by molar-refractivity contribution is 7.71. The van der Waals surface area contributed by atoms with Gasteiger partial charge in [-0.05, 0) is 32.1 Å². The van der Waals surface area contributed by atoms with E-state index in [-0.39, 0.29) is 5.56 Å². The Labute approximate surface area is 124 Å². The second kappa shape index (κ2) is 4.68. The molecular formula is C13H14N4OS2. The van der Waals surface area contributed by atoms with Crippen LogP contribution in [0.15, 0.2) is 17.1 Å². The number of fused-ring (bicyclic) bond motifs is 1. The van der Waals surface area contributed by atoms with Gasteiger partial charge in [-0.1, -0.05) is 0 Å². The summed E-state index contributed by atoms with van der Waals surface area (Å²) >= 11 is 6.86. The zero-order chi connectivity index (χ0) is 14.4. The third-order valence-corrected chi connectivity index (χ3v) is 4.75. The number of nitrogens with zero attached hydrogens (tertiary/aromatic N) is 3. The number of H-pyrrole nitrogens is 1. The molecule has 104 valence electrons. The molecule has 3 rings (SSSR count). The van der Waals surface area contributed by atoms with Gasteiger partial charge in [0.2, 0.25) is 0 Å². The first kappa shape index (κ1) is 13.3. The first-order chi connectivity index (χ1) is 9.47. The number of thiophene rings is 1. The van der Waals surface area contributed by atoms with Crippen LogP contribution >= 0.6 is 23.6 Å². The number of aryl methyl sites for hydroxylation is 2. The molecule has 0 radical (unpaired) electrons. The summed E-state index contributed by atoms with van der Waals surface area (Å²) in [6.45, 7) is 4.41. The molecule has 1 N–H and O–H groups in total. The van der Waals surface area contributed by atoms with Crippen molar-refractivity contribution in [2.24, 2.45) is 7.05 Å². The Bertz CT molecular complexity index is 913. The van der Waals surface area contributed by atoms with E-state index in [0.717, 1.165) is 21.0 Å². The van der Waals surface area contributed by atoms with Gasteiger partial charge in [0.15, 0.2) is 4.77 Å². The lowest BCUT2D eigenvalue weighted by Gasteiger charge is -2.06. The Kier molecular flexibility index (Phi) is 3.10. The zero-order valence-electron chi connectivity index (χ0n) is 11.4. The van der Waals surface area contributed by atoms with Crippen LogP contribution in [0.5, 0.6) is 0 Å². The van der Waals surface area contributed by atoms with Crippen molar-refractivity contribution in [3.05, 3.63) is 43.5 Å². The highest BCUT2D eigenvalue weighted by Gasteiger charge is 2.11. The third kappa shape index (κ3) is 2.03. The van der Waals surface area contributed by atoms with E-state index < -0.39 is 0 Å². The minimum absolute atomic E-state index is 0.0450. The molecule has 0 amide bonds. The number of hydrogen-bond donors (Lipinski definition) is 1. The standard InChI is InChI=1S/C13H14N4OS2/c1-7-4-10-11(20-7)15-13(19)17(12(10)18)6-9-5-14-16(3)8(9)2/h4-5H,6H2,1-3H3,(H,15,19). The summed E-state index contributed by atoms with van der Waals surface area (Å²) in [5, 5.41) is 4.89. The van der Waals surface area contributed by atoms with E-state index in [1.54, 1.807) is 26.8 Å². The molecule has 20 heavy (non-hydrogen) atoms. The van der Waals surface area contributed by atoms with E-state index in [1.807, 2.05) is 27.0 Å². The topological polar surface area (TPSA) is 55.6 Å². The Morgan fingerprint density at radius 1 is 1.45 bits per heavy atom. The summed E-state index contributed by atoms with van der Waals surface area (Å²) in [7, 11) is 1.88. The van der Waals surface area contributed by atoms with Crippen LogP contribution in [-0.4, -0.2) is 19.3 Å². The van der Waals surface area contributed by atoms with Crippen LogP contribution in [0.2, 0.25) is 0 Å². The molecule has 0 fully saturated rings. The maximum atomic E-state index is 12.5. The summed E-state index contributed by atoms with van der Waals surface area (Å²) < 4.78 is 3.83. The Hall–Kier alpha value is -1.73. The van der Waals surface area contributed by atoms with Gasteiger partial charge in [0.1, 0.15) is 4.83 Å². The smallest absolute Gasteiger partial charge is 0.263 e. The molecule has 7 heteroatoms. The fourth-order valence-electron chi connectivity index (χ4n) is 2.18. The molecule has 3 aromatic rings. The van der Waals surface area contributed by atoms with Gasteiger partial charge in [-0.25, -0.2) is 0 Å². The number of hydrogen-bond acceptors (Lipinski definition) is 4. The van der Waals surface area contributed by atoms with Crippen LogP contribution in [0.25, 0.3) is 10.2 Å². The highest BCUT2D eigenvalue weighted by Crippen LogP contribution is 2.20. The number of aromatic nitrogens is 4. The quantitative estimate of drug-likeness (QED) is 0.740. The third-order valence-electron chi connectivity index (χ3n) is 3.46. The van der Waals surface area contributed by atoms with Crippen LogP contribution in [0.3, 0.4) is 0 Å². The van der Waals surface area contributed by atoms with Crippen LogP contribution in [0, 0.1) is 18.6 Å². The molecule has 0 aliphatic carbocycles. The van der Waals surface area contributed by atoms with Crippen molar-refractivity contribution >= 4 is 33.8 Å². The van der Waals surface area contributed by atoms with E-state index >= 15 is 0 Å². The molecule has 0 unspecified atom stereocenters. The van der Waals surface area contributed by atoms with Crippen LogP contribution in [-0.2, 0) is 13.6 Å². The molecule has 3 aromatic heterocycles. The number of rotatable bonds is 2. The largest absolute Gasteiger partial charge is 0.323 e. The second-order valence-corrected chi connectivity index (χ2v) is 6.44. The maximum absolute atomic E-state index is 12.5. The van der Waals surface area contributed by atoms with Crippen molar-refractivity contribution in [1.29, 1.82) is 0 Å². The Balaban J connectivity index is 2.19. The molecule has 0 aliphatic heterocycles. The number of nitrogens with one attached hydrogen (secondary N) is 1. The van der Waals surface area contributed by atoms with Crippen molar-refractivity contribution < 1.29 is 0 Å². The average Bonchev–Trinajstić information content (AvgIpc) is 2.91. The van der Waals surface area contributed by atoms with E-state index in [1.165, 1.54) is 0 Å². The lowest BCUT2D eigenvalue weighted by atomic mass is 10.2. The van der Waals surface area contributed by atoms with Gasteiger partial charge in [-0.3, -0.25) is 14.0 Å². The molecule has 0 spiro atoms. The fraction of sp³-hybridized carbons (Fsp3) is 0.308. The SMILES string of the molecule is Cc1cc2c(=O)n(Cc3cnn(C)c3C)c(=S)[nH]c2s1. The summed E-state index contributed by atoms with van der Waals surface area (Å²) in [5.41, 5.74) is 1.99. The normalized spacial score (nSPS) is 11.3. The van der Waals surface area contributed by atoms with Gasteiger partial charge < -0.3 is 4.98 Å². The molecule has 0 atom stereocenters. The van der Waals surface area contributed by atoms with Crippen LogP contribution < -0.4 is 5.56 Å².